The molecule has 6 nitrogen and oxygen atoms in total. The Morgan fingerprint density at radius 3 is 2.54 bits per heavy atom. The molecule has 2 rings (SSSR count). The fourth-order valence-corrected chi connectivity index (χ4v) is 1.84. The van der Waals surface area contributed by atoms with Gasteiger partial charge in [-0.1, -0.05) is 17.3 Å². The minimum absolute atomic E-state index is 0. The fraction of sp³-hybridized carbons (Fsp3) is 0.357. The molecular weight excluding hydrogens is 438 g/mol. The van der Waals surface area contributed by atoms with Crippen LogP contribution in [0.25, 0.3) is 0 Å². The zero-order valence-electron chi connectivity index (χ0n) is 13.0. The second kappa shape index (κ2) is 8.85. The number of halogens is 4. The lowest BCUT2D eigenvalue weighted by Crippen LogP contribution is -2.36. The first-order valence-corrected chi connectivity index (χ1v) is 6.78. The lowest BCUT2D eigenvalue weighted by atomic mass is 10.1. The molecule has 132 valence electrons. The molecule has 0 atom stereocenters. The van der Waals surface area contributed by atoms with Gasteiger partial charge in [-0.05, 0) is 24.6 Å². The first-order chi connectivity index (χ1) is 10.9. The second-order valence-electron chi connectivity index (χ2n) is 4.71. The Hall–Kier alpha value is -1.85. The van der Waals surface area contributed by atoms with E-state index in [0.717, 1.165) is 12.1 Å². The third-order valence-corrected chi connectivity index (χ3v) is 2.91. The van der Waals surface area contributed by atoms with Crippen LogP contribution in [0, 0.1) is 6.92 Å². The third kappa shape index (κ3) is 5.98. The van der Waals surface area contributed by atoms with Gasteiger partial charge in [-0.2, -0.15) is 18.2 Å². The predicted molar refractivity (Wildman–Crippen MR) is 92.9 cm³/mol. The summed E-state index contributed by atoms with van der Waals surface area (Å²) in [5.74, 6) is 1.33. The van der Waals surface area contributed by atoms with Crippen molar-refractivity contribution in [2.24, 2.45) is 4.99 Å². The maximum Gasteiger partial charge on any atom is 0.416 e. The lowest BCUT2D eigenvalue weighted by molar-refractivity contribution is -0.137. The van der Waals surface area contributed by atoms with Gasteiger partial charge >= 0.3 is 6.18 Å². The molecule has 0 fully saturated rings. The molecule has 0 aliphatic carbocycles. The maximum absolute atomic E-state index is 12.7. The number of aliphatic imine (C=N–C) groups is 1. The van der Waals surface area contributed by atoms with E-state index < -0.39 is 11.7 Å². The monoisotopic (exact) mass is 455 g/mol. The van der Waals surface area contributed by atoms with Gasteiger partial charge in [-0.15, -0.1) is 24.0 Å². The van der Waals surface area contributed by atoms with E-state index in [-0.39, 0.29) is 37.1 Å². The Morgan fingerprint density at radius 1 is 1.25 bits per heavy atom. The van der Waals surface area contributed by atoms with Crippen LogP contribution < -0.4 is 10.6 Å². The van der Waals surface area contributed by atoms with Gasteiger partial charge in [0.15, 0.2) is 11.8 Å². The summed E-state index contributed by atoms with van der Waals surface area (Å²) in [4.78, 5) is 8.00. The summed E-state index contributed by atoms with van der Waals surface area (Å²) in [7, 11) is 1.56. The molecule has 0 radical (unpaired) electrons. The Balaban J connectivity index is 0.00000288. The van der Waals surface area contributed by atoms with E-state index in [9.17, 15) is 13.2 Å². The molecule has 1 heterocycles. The van der Waals surface area contributed by atoms with Crippen molar-refractivity contribution in [1.82, 2.24) is 20.8 Å². The average molecular weight is 455 g/mol. The van der Waals surface area contributed by atoms with E-state index in [2.05, 4.69) is 25.8 Å². The van der Waals surface area contributed by atoms with Gasteiger partial charge in [-0.25, -0.2) is 0 Å². The Kier molecular flexibility index (Phi) is 7.45. The molecule has 1 aromatic carbocycles. The molecule has 0 amide bonds. The molecule has 0 aliphatic rings. The molecule has 0 unspecified atom stereocenters. The fourth-order valence-electron chi connectivity index (χ4n) is 1.84. The average Bonchev–Trinajstić information content (AvgIpc) is 2.92. The van der Waals surface area contributed by atoms with Gasteiger partial charge in [0.25, 0.3) is 0 Å². The SMILES string of the molecule is CN=C(NCc1cccc(C(F)(F)F)c1)NCc1nc(C)no1.I. The number of rotatable bonds is 4. The number of benzene rings is 1. The number of hydrogen-bond donors (Lipinski definition) is 2. The summed E-state index contributed by atoms with van der Waals surface area (Å²) in [5.41, 5.74) is -0.183. The van der Waals surface area contributed by atoms with Crippen LogP contribution in [0.1, 0.15) is 22.8 Å². The summed E-state index contributed by atoms with van der Waals surface area (Å²) in [6.45, 7) is 2.17. The van der Waals surface area contributed by atoms with Crippen LogP contribution in [0.4, 0.5) is 13.2 Å². The highest BCUT2D eigenvalue weighted by atomic mass is 127. The molecule has 2 N–H and O–H groups in total. The molecule has 0 bridgehead atoms. The number of alkyl halides is 3. The number of nitrogens with zero attached hydrogens (tertiary/aromatic N) is 3. The van der Waals surface area contributed by atoms with Gasteiger partial charge in [0.1, 0.15) is 0 Å². The molecule has 0 saturated heterocycles. The molecular formula is C14H17F3IN5O. The molecule has 0 aliphatic heterocycles. The quantitative estimate of drug-likeness (QED) is 0.422. The number of guanidine groups is 1. The zero-order valence-corrected chi connectivity index (χ0v) is 15.3. The third-order valence-electron chi connectivity index (χ3n) is 2.91. The van der Waals surface area contributed by atoms with E-state index >= 15 is 0 Å². The van der Waals surface area contributed by atoms with Crippen molar-refractivity contribution in [2.75, 3.05) is 7.05 Å². The maximum atomic E-state index is 12.7. The van der Waals surface area contributed by atoms with Crippen molar-refractivity contribution in [3.63, 3.8) is 0 Å². The summed E-state index contributed by atoms with van der Waals surface area (Å²) in [6, 6.07) is 5.12. The van der Waals surface area contributed by atoms with Crippen LogP contribution in [-0.4, -0.2) is 23.1 Å². The zero-order chi connectivity index (χ0) is 16.9. The molecule has 1 aromatic heterocycles. The second-order valence-corrected chi connectivity index (χ2v) is 4.71. The largest absolute Gasteiger partial charge is 0.416 e. The molecule has 10 heteroatoms. The molecule has 0 spiro atoms. The first-order valence-electron chi connectivity index (χ1n) is 6.78. The molecule has 24 heavy (non-hydrogen) atoms. The minimum atomic E-state index is -4.36. The van der Waals surface area contributed by atoms with Crippen LogP contribution in [-0.2, 0) is 19.3 Å². The van der Waals surface area contributed by atoms with E-state index in [1.165, 1.54) is 6.07 Å². The van der Waals surface area contributed by atoms with Crippen LogP contribution in [0.2, 0.25) is 0 Å². The van der Waals surface area contributed by atoms with Crippen LogP contribution in [0.5, 0.6) is 0 Å². The summed E-state index contributed by atoms with van der Waals surface area (Å²) in [6.07, 6.45) is -4.36. The van der Waals surface area contributed by atoms with Crippen molar-refractivity contribution in [1.29, 1.82) is 0 Å². The summed E-state index contributed by atoms with van der Waals surface area (Å²) >= 11 is 0. The van der Waals surface area contributed by atoms with Crippen molar-refractivity contribution >= 4 is 29.9 Å². The highest BCUT2D eigenvalue weighted by molar-refractivity contribution is 14.0. The first kappa shape index (κ1) is 20.2. The lowest BCUT2D eigenvalue weighted by Gasteiger charge is -2.12. The Morgan fingerprint density at radius 2 is 1.96 bits per heavy atom. The Labute approximate surface area is 153 Å². The van der Waals surface area contributed by atoms with E-state index in [1.54, 1.807) is 20.0 Å². The number of hydrogen-bond acceptors (Lipinski definition) is 4. The smallest absolute Gasteiger partial charge is 0.352 e. The summed E-state index contributed by atoms with van der Waals surface area (Å²) < 4.78 is 42.9. The van der Waals surface area contributed by atoms with Gasteiger partial charge < -0.3 is 15.2 Å². The summed E-state index contributed by atoms with van der Waals surface area (Å²) in [5, 5.41) is 9.51. The van der Waals surface area contributed by atoms with Gasteiger partial charge in [-0.3, -0.25) is 4.99 Å². The number of aromatic nitrogens is 2. The van der Waals surface area contributed by atoms with Crippen molar-refractivity contribution in [3.05, 3.63) is 47.1 Å². The van der Waals surface area contributed by atoms with Crippen molar-refractivity contribution < 1.29 is 17.7 Å². The highest BCUT2D eigenvalue weighted by Gasteiger charge is 2.30. The van der Waals surface area contributed by atoms with E-state index in [1.807, 2.05) is 0 Å². The van der Waals surface area contributed by atoms with Gasteiger partial charge in [0.2, 0.25) is 5.89 Å². The van der Waals surface area contributed by atoms with Crippen LogP contribution in [0.15, 0.2) is 33.8 Å². The standard InChI is InChI=1S/C14H16F3N5O.HI/c1-9-21-12(23-22-9)8-20-13(18-2)19-7-10-4-3-5-11(6-10)14(15,16)17;/h3-6H,7-8H2,1-2H3,(H2,18,19,20);1H. The number of aryl methyl sites for hydroxylation is 1. The highest BCUT2D eigenvalue weighted by Crippen LogP contribution is 2.29. The van der Waals surface area contributed by atoms with Crippen LogP contribution in [0.3, 0.4) is 0 Å². The van der Waals surface area contributed by atoms with E-state index in [4.69, 9.17) is 4.52 Å². The predicted octanol–water partition coefficient (Wildman–Crippen LogP) is 2.88. The molecule has 0 saturated carbocycles. The normalized spacial score (nSPS) is 11.8. The molecule has 2 aromatic rings. The van der Waals surface area contributed by atoms with Crippen molar-refractivity contribution in [2.45, 2.75) is 26.2 Å². The minimum Gasteiger partial charge on any atom is -0.352 e. The van der Waals surface area contributed by atoms with Gasteiger partial charge in [0, 0.05) is 13.6 Å². The number of nitrogens with one attached hydrogen (secondary N) is 2. The van der Waals surface area contributed by atoms with Crippen LogP contribution >= 0.6 is 24.0 Å². The van der Waals surface area contributed by atoms with Gasteiger partial charge in [0.05, 0.1) is 12.1 Å². The topological polar surface area (TPSA) is 75.3 Å². The van der Waals surface area contributed by atoms with E-state index in [0.29, 0.717) is 23.2 Å². The van der Waals surface area contributed by atoms with Crippen molar-refractivity contribution in [3.8, 4) is 0 Å². The Bertz CT molecular complexity index is 687.